The van der Waals surface area contributed by atoms with E-state index in [0.29, 0.717) is 0 Å². The van der Waals surface area contributed by atoms with Gasteiger partial charge in [-0.05, 0) is 97.1 Å². The normalized spacial score (nSPS) is 10.8. The summed E-state index contributed by atoms with van der Waals surface area (Å²) in [6.07, 6.45) is -9.24. The predicted molar refractivity (Wildman–Crippen MR) is 212 cm³/mol. The number of aliphatic hydroxyl groups excluding tert-OH is 1. The average molecular weight is 877 g/mol. The molecule has 0 atom stereocenters. The molecule has 330 valence electrons. The van der Waals surface area contributed by atoms with E-state index in [1.54, 1.807) is 0 Å². The van der Waals surface area contributed by atoms with Crippen molar-refractivity contribution in [2.45, 2.75) is 29.6 Å². The maximum absolute atomic E-state index is 13.1. The molecule has 5 aromatic rings. The number of halogens is 6. The van der Waals surface area contributed by atoms with E-state index in [1.807, 2.05) is 0 Å². The Labute approximate surface area is 341 Å². The second-order valence-corrected chi connectivity index (χ2v) is 13.4. The number of hydrogen-bond donors (Lipinski definition) is 10. The van der Waals surface area contributed by atoms with Gasteiger partial charge in [-0.2, -0.15) is 26.3 Å². The van der Waals surface area contributed by atoms with Gasteiger partial charge >= 0.3 is 12.4 Å². The molecule has 60 heavy (non-hydrogen) atoms. The largest absolute Gasteiger partial charge is 0.508 e. The number of anilines is 2. The molecule has 0 radical (unpaired) electrons. The number of alkyl halides is 6. The van der Waals surface area contributed by atoms with Gasteiger partial charge < -0.3 is 62.2 Å². The minimum atomic E-state index is -4.62. The molecule has 0 heterocycles. The molecule has 12 N–H and O–H groups in total. The molecule has 21 heteroatoms. The molecule has 5 rings (SSSR count). The van der Waals surface area contributed by atoms with Crippen molar-refractivity contribution in [3.05, 3.63) is 120 Å². The van der Waals surface area contributed by atoms with E-state index < -0.39 is 46.9 Å². The molecule has 0 saturated carbocycles. The molecule has 0 amide bonds. The molecular formula is C39H46F6N4O10S. The molecule has 0 aromatic heterocycles. The summed E-state index contributed by atoms with van der Waals surface area (Å²) in [5.41, 5.74) is 9.01. The fourth-order valence-electron chi connectivity index (χ4n) is 4.33. The minimum Gasteiger partial charge on any atom is -0.508 e. The lowest BCUT2D eigenvalue weighted by Crippen LogP contribution is -2.15. The summed E-state index contributed by atoms with van der Waals surface area (Å²) in [5.74, 6) is 0.000479. The Kier molecular flexibility index (Phi) is 21.4. The van der Waals surface area contributed by atoms with Crippen LogP contribution in [0.5, 0.6) is 34.5 Å². The summed E-state index contributed by atoms with van der Waals surface area (Å²) in [5, 5.41) is 55.2. The SMILES string of the molecule is C.NCCNc1cc(OCOc2cc(NCCN)cc(C(F)(F)F)c2)cc(C(F)(F)F)c1.O=S(=O)(c1ccc(O)cc1)c1ccc(O)cc1.OCO.Oc1ccc(O)cc1. The van der Waals surface area contributed by atoms with Gasteiger partial charge in [0.25, 0.3) is 0 Å². The zero-order valence-corrected chi connectivity index (χ0v) is 31.6. The Hall–Kier alpha value is -6.13. The van der Waals surface area contributed by atoms with Crippen molar-refractivity contribution in [2.24, 2.45) is 11.5 Å². The maximum atomic E-state index is 13.1. The van der Waals surface area contributed by atoms with Crippen LogP contribution in [-0.2, 0) is 22.2 Å². The van der Waals surface area contributed by atoms with Crippen LogP contribution in [0.25, 0.3) is 0 Å². The van der Waals surface area contributed by atoms with Crippen molar-refractivity contribution in [2.75, 3.05) is 50.4 Å². The van der Waals surface area contributed by atoms with Crippen LogP contribution in [-0.4, -0.2) is 78.8 Å². The van der Waals surface area contributed by atoms with E-state index in [1.165, 1.54) is 84.9 Å². The number of aromatic hydroxyl groups is 4. The van der Waals surface area contributed by atoms with Gasteiger partial charge in [-0.1, -0.05) is 7.43 Å². The van der Waals surface area contributed by atoms with Gasteiger partial charge in [0.15, 0.2) is 0 Å². The Morgan fingerprint density at radius 3 is 1.08 bits per heavy atom. The van der Waals surface area contributed by atoms with Gasteiger partial charge in [0, 0.05) is 49.7 Å². The third-order valence-corrected chi connectivity index (χ3v) is 8.80. The van der Waals surface area contributed by atoms with Crippen LogP contribution in [0.4, 0.5) is 37.7 Å². The van der Waals surface area contributed by atoms with E-state index in [-0.39, 0.29) is 89.3 Å². The molecule has 0 aliphatic heterocycles. The van der Waals surface area contributed by atoms with Gasteiger partial charge in [0.1, 0.15) is 41.3 Å². The van der Waals surface area contributed by atoms with E-state index in [0.717, 1.165) is 24.3 Å². The highest BCUT2D eigenvalue weighted by Gasteiger charge is 2.32. The number of benzene rings is 5. The van der Waals surface area contributed by atoms with E-state index in [9.17, 15) is 34.8 Å². The Morgan fingerprint density at radius 2 is 0.817 bits per heavy atom. The van der Waals surface area contributed by atoms with Crippen molar-refractivity contribution in [3.63, 3.8) is 0 Å². The van der Waals surface area contributed by atoms with Crippen LogP contribution in [0, 0.1) is 0 Å². The quantitative estimate of drug-likeness (QED) is 0.0367. The van der Waals surface area contributed by atoms with Crippen molar-refractivity contribution >= 4 is 21.2 Å². The molecule has 0 bridgehead atoms. The van der Waals surface area contributed by atoms with Gasteiger partial charge in [0.2, 0.25) is 16.6 Å². The molecule has 0 spiro atoms. The molecule has 0 fully saturated rings. The highest BCUT2D eigenvalue weighted by molar-refractivity contribution is 7.91. The lowest BCUT2D eigenvalue weighted by atomic mass is 10.1. The third kappa shape index (κ3) is 18.2. The van der Waals surface area contributed by atoms with Crippen LogP contribution in [0.1, 0.15) is 18.6 Å². The monoisotopic (exact) mass is 876 g/mol. The first-order valence-electron chi connectivity index (χ1n) is 16.8. The van der Waals surface area contributed by atoms with Crippen LogP contribution < -0.4 is 31.6 Å². The standard InChI is InChI=1S/C19H22F6N4O2.C12H10O4S.C6H6O2.CH4O2.CH4/c20-18(21,22)12-5-14(28-3-1-26)9-16(7-12)30-11-31-17-8-13(19(23,24)25)6-15(10-17)29-4-2-27;13-9-1-5-11(6-2-9)17(15,16)12-7-3-10(14)4-8-12;7-5-1-2-6(8)4-3-5;2-1-3;/h5-10,28-29H,1-4,11,26-27H2;1-8,13-14H;1-4,7-8H;2-3H,1H2;1H4. The fourth-order valence-corrected chi connectivity index (χ4v) is 5.60. The lowest BCUT2D eigenvalue weighted by Gasteiger charge is -2.16. The van der Waals surface area contributed by atoms with Crippen LogP contribution in [0.15, 0.2) is 119 Å². The van der Waals surface area contributed by atoms with Crippen molar-refractivity contribution in [3.8, 4) is 34.5 Å². The summed E-state index contributed by atoms with van der Waals surface area (Å²) in [6.45, 7) is -0.493. The summed E-state index contributed by atoms with van der Waals surface area (Å²) < 4.78 is 113. The minimum absolute atomic E-state index is 0. The van der Waals surface area contributed by atoms with Gasteiger partial charge in [0.05, 0.1) is 20.9 Å². The summed E-state index contributed by atoms with van der Waals surface area (Å²) in [7, 11) is -3.59. The zero-order valence-electron chi connectivity index (χ0n) is 30.8. The van der Waals surface area contributed by atoms with Crippen molar-refractivity contribution in [1.29, 1.82) is 0 Å². The molecule has 5 aromatic carbocycles. The first-order valence-corrected chi connectivity index (χ1v) is 18.3. The van der Waals surface area contributed by atoms with E-state index in [4.69, 9.17) is 51.6 Å². The number of nitrogens with one attached hydrogen (secondary N) is 2. The number of sulfone groups is 1. The second-order valence-electron chi connectivity index (χ2n) is 11.5. The Morgan fingerprint density at radius 1 is 0.533 bits per heavy atom. The number of phenolic OH excluding ortho intramolecular Hbond substituents is 4. The molecular weight excluding hydrogens is 831 g/mol. The van der Waals surface area contributed by atoms with Gasteiger partial charge in [-0.15, -0.1) is 0 Å². The highest BCUT2D eigenvalue weighted by atomic mass is 32.2. The topological polar surface area (TPSA) is 250 Å². The van der Waals surface area contributed by atoms with Crippen LogP contribution in [0.2, 0.25) is 0 Å². The first kappa shape index (κ1) is 51.9. The van der Waals surface area contributed by atoms with Crippen molar-refractivity contribution in [1.82, 2.24) is 0 Å². The molecule has 0 unspecified atom stereocenters. The van der Waals surface area contributed by atoms with Gasteiger partial charge in [-0.3, -0.25) is 0 Å². The number of nitrogens with two attached hydrogens (primary N) is 2. The molecule has 0 aliphatic rings. The van der Waals surface area contributed by atoms with E-state index >= 15 is 0 Å². The number of aliphatic hydroxyl groups is 2. The second kappa shape index (κ2) is 24.7. The van der Waals surface area contributed by atoms with Gasteiger partial charge in [-0.25, -0.2) is 8.42 Å². The number of phenols is 4. The van der Waals surface area contributed by atoms with Crippen molar-refractivity contribution < 1.29 is 74.9 Å². The Bertz CT molecular complexity index is 1970. The smallest absolute Gasteiger partial charge is 0.416 e. The molecule has 0 aliphatic carbocycles. The lowest BCUT2D eigenvalue weighted by molar-refractivity contribution is -0.138. The fraction of sp³-hybridized carbons (Fsp3) is 0.231. The predicted octanol–water partition coefficient (Wildman–Crippen LogP) is 6.47. The average Bonchev–Trinajstić information content (AvgIpc) is 3.18. The summed E-state index contributed by atoms with van der Waals surface area (Å²) in [6, 6.07) is 22.2. The van der Waals surface area contributed by atoms with E-state index in [2.05, 4.69) is 10.6 Å². The summed E-state index contributed by atoms with van der Waals surface area (Å²) in [4.78, 5) is 0.196. The number of rotatable bonds is 12. The number of hydrogen-bond acceptors (Lipinski definition) is 14. The van der Waals surface area contributed by atoms with Crippen LogP contribution >= 0.6 is 0 Å². The Balaban J connectivity index is 0.000000513. The molecule has 14 nitrogen and oxygen atoms in total. The zero-order chi connectivity index (χ0) is 44.2. The number of ether oxygens (including phenoxy) is 2. The highest BCUT2D eigenvalue weighted by Crippen LogP contribution is 2.36. The van der Waals surface area contributed by atoms with Crippen LogP contribution in [0.3, 0.4) is 0 Å². The maximum Gasteiger partial charge on any atom is 0.416 e. The molecule has 0 saturated heterocycles. The first-order chi connectivity index (χ1) is 27.7. The summed E-state index contributed by atoms with van der Waals surface area (Å²) >= 11 is 0. The third-order valence-electron chi connectivity index (χ3n) is 7.01.